The van der Waals surface area contributed by atoms with Crippen molar-refractivity contribution in [1.82, 2.24) is 5.73 Å². The van der Waals surface area contributed by atoms with E-state index in [0.29, 0.717) is 6.61 Å². The van der Waals surface area contributed by atoms with E-state index in [1.54, 1.807) is 0 Å². The molecule has 0 aliphatic heterocycles. The summed E-state index contributed by atoms with van der Waals surface area (Å²) in [5.74, 6) is -0.180. The summed E-state index contributed by atoms with van der Waals surface area (Å²) < 4.78 is 5.40. The lowest BCUT2D eigenvalue weighted by Gasteiger charge is -2.33. The van der Waals surface area contributed by atoms with E-state index in [4.69, 9.17) is 10.5 Å². The molecule has 1 aromatic carbocycles. The van der Waals surface area contributed by atoms with Crippen LogP contribution in [0.4, 0.5) is 0 Å². The van der Waals surface area contributed by atoms with Gasteiger partial charge in [0.2, 0.25) is 0 Å². The largest absolute Gasteiger partial charge is 0.460 e. The summed E-state index contributed by atoms with van der Waals surface area (Å²) in [4.78, 5) is 12.2. The molecule has 0 aromatic heterocycles. The monoisotopic (exact) mass is 246 g/mol. The molecule has 1 aliphatic rings. The molecule has 0 unspecified atom stereocenters. The molecule has 0 spiro atoms. The molecule has 1 saturated carbocycles. The first-order valence-corrected chi connectivity index (χ1v) is 6.63. The second kappa shape index (κ2) is 6.01. The van der Waals surface area contributed by atoms with E-state index in [-0.39, 0.29) is 12.5 Å². The molecule has 1 aromatic rings. The molecule has 3 heteroatoms. The SMILES string of the molecule is [NH]CC1(C(=O)OCc2ccccc2)CCCCC1. The molecule has 0 heterocycles. The van der Waals surface area contributed by atoms with Gasteiger partial charge < -0.3 is 4.74 Å². The summed E-state index contributed by atoms with van der Waals surface area (Å²) in [6.07, 6.45) is 4.88. The van der Waals surface area contributed by atoms with Crippen LogP contribution in [0.25, 0.3) is 0 Å². The highest BCUT2D eigenvalue weighted by atomic mass is 16.5. The number of esters is 1. The minimum Gasteiger partial charge on any atom is -0.460 e. The van der Waals surface area contributed by atoms with Gasteiger partial charge in [-0.3, -0.25) is 10.5 Å². The van der Waals surface area contributed by atoms with Gasteiger partial charge in [-0.1, -0.05) is 49.6 Å². The molecule has 1 aliphatic carbocycles. The standard InChI is InChI=1S/C15H20NO2/c16-12-15(9-5-2-6-10-15)14(17)18-11-13-7-3-1-4-8-13/h1,3-4,7-8,16H,2,5-6,9-12H2. The van der Waals surface area contributed by atoms with Crippen LogP contribution < -0.4 is 5.73 Å². The topological polar surface area (TPSA) is 50.1 Å². The van der Waals surface area contributed by atoms with Gasteiger partial charge in [0.15, 0.2) is 0 Å². The van der Waals surface area contributed by atoms with Crippen molar-refractivity contribution >= 4 is 5.97 Å². The van der Waals surface area contributed by atoms with Gasteiger partial charge in [-0.2, -0.15) is 0 Å². The first-order chi connectivity index (χ1) is 8.77. The van der Waals surface area contributed by atoms with Crippen LogP contribution in [0.2, 0.25) is 0 Å². The summed E-state index contributed by atoms with van der Waals surface area (Å²) in [7, 11) is 0. The number of nitrogens with one attached hydrogen (secondary N) is 1. The Morgan fingerprint density at radius 1 is 1.17 bits per heavy atom. The third kappa shape index (κ3) is 2.91. The van der Waals surface area contributed by atoms with Crippen molar-refractivity contribution in [1.29, 1.82) is 0 Å². The van der Waals surface area contributed by atoms with E-state index in [2.05, 4.69) is 0 Å². The number of benzene rings is 1. The Morgan fingerprint density at radius 3 is 2.44 bits per heavy atom. The fourth-order valence-electron chi connectivity index (χ4n) is 2.56. The number of ether oxygens (including phenoxy) is 1. The van der Waals surface area contributed by atoms with Crippen molar-refractivity contribution in [2.75, 3.05) is 6.54 Å². The van der Waals surface area contributed by atoms with E-state index in [1.807, 2.05) is 30.3 Å². The summed E-state index contributed by atoms with van der Waals surface area (Å²) in [5, 5.41) is 0. The highest BCUT2D eigenvalue weighted by Crippen LogP contribution is 2.37. The van der Waals surface area contributed by atoms with Gasteiger partial charge >= 0.3 is 5.97 Å². The van der Waals surface area contributed by atoms with Crippen LogP contribution >= 0.6 is 0 Å². The van der Waals surface area contributed by atoms with E-state index in [9.17, 15) is 4.79 Å². The number of hydrogen-bond acceptors (Lipinski definition) is 2. The van der Waals surface area contributed by atoms with Gasteiger partial charge in [-0.15, -0.1) is 0 Å². The van der Waals surface area contributed by atoms with Crippen LogP contribution in [-0.4, -0.2) is 12.5 Å². The Morgan fingerprint density at radius 2 is 1.83 bits per heavy atom. The van der Waals surface area contributed by atoms with Crippen LogP contribution in [0.5, 0.6) is 0 Å². The fraction of sp³-hybridized carbons (Fsp3) is 0.533. The summed E-state index contributed by atoms with van der Waals surface area (Å²) in [6, 6.07) is 9.70. The smallest absolute Gasteiger partial charge is 0.313 e. The molecule has 3 nitrogen and oxygen atoms in total. The van der Waals surface area contributed by atoms with E-state index >= 15 is 0 Å². The molecule has 1 radical (unpaired) electrons. The number of carbonyl (C=O) groups is 1. The first-order valence-electron chi connectivity index (χ1n) is 6.63. The van der Waals surface area contributed by atoms with Crippen molar-refractivity contribution in [3.05, 3.63) is 35.9 Å². The Hall–Kier alpha value is -1.35. The Kier molecular flexibility index (Phi) is 4.37. The molecule has 18 heavy (non-hydrogen) atoms. The third-order valence-corrected chi connectivity index (χ3v) is 3.79. The quantitative estimate of drug-likeness (QED) is 0.767. The van der Waals surface area contributed by atoms with Crippen molar-refractivity contribution in [2.24, 2.45) is 5.41 Å². The lowest BCUT2D eigenvalue weighted by Crippen LogP contribution is -2.38. The normalized spacial score (nSPS) is 18.3. The van der Waals surface area contributed by atoms with Gasteiger partial charge in [-0.25, -0.2) is 0 Å². The van der Waals surface area contributed by atoms with Crippen LogP contribution in [0.3, 0.4) is 0 Å². The van der Waals surface area contributed by atoms with Gasteiger partial charge in [0.25, 0.3) is 0 Å². The lowest BCUT2D eigenvalue weighted by atomic mass is 9.74. The molecule has 97 valence electrons. The maximum atomic E-state index is 12.2. The highest BCUT2D eigenvalue weighted by Gasteiger charge is 2.39. The first kappa shape index (κ1) is 13.1. The van der Waals surface area contributed by atoms with E-state index in [1.165, 1.54) is 6.42 Å². The molecule has 0 atom stereocenters. The summed E-state index contributed by atoms with van der Waals surface area (Å²) in [6.45, 7) is 0.474. The van der Waals surface area contributed by atoms with Crippen molar-refractivity contribution in [3.63, 3.8) is 0 Å². The maximum Gasteiger partial charge on any atom is 0.313 e. The van der Waals surface area contributed by atoms with Crippen molar-refractivity contribution < 1.29 is 9.53 Å². The van der Waals surface area contributed by atoms with Crippen LogP contribution in [0.15, 0.2) is 30.3 Å². The van der Waals surface area contributed by atoms with Gasteiger partial charge in [0, 0.05) is 6.54 Å². The molecular weight excluding hydrogens is 226 g/mol. The molecule has 2 rings (SSSR count). The predicted octanol–water partition coefficient (Wildman–Crippen LogP) is 2.96. The van der Waals surface area contributed by atoms with Crippen LogP contribution in [0.1, 0.15) is 37.7 Å². The van der Waals surface area contributed by atoms with Crippen molar-refractivity contribution in [3.8, 4) is 0 Å². The summed E-state index contributed by atoms with van der Waals surface area (Å²) in [5.41, 5.74) is 8.12. The van der Waals surface area contributed by atoms with E-state index in [0.717, 1.165) is 31.2 Å². The van der Waals surface area contributed by atoms with Gasteiger partial charge in [-0.05, 0) is 18.4 Å². The number of rotatable bonds is 4. The average Bonchev–Trinajstić information content (AvgIpc) is 2.46. The summed E-state index contributed by atoms with van der Waals surface area (Å²) >= 11 is 0. The van der Waals surface area contributed by atoms with Crippen LogP contribution in [-0.2, 0) is 16.1 Å². The molecular formula is C15H20NO2. The van der Waals surface area contributed by atoms with E-state index < -0.39 is 5.41 Å². The highest BCUT2D eigenvalue weighted by molar-refractivity contribution is 5.77. The fourth-order valence-corrected chi connectivity index (χ4v) is 2.56. The van der Waals surface area contributed by atoms with Crippen LogP contribution in [0, 0.1) is 5.41 Å². The predicted molar refractivity (Wildman–Crippen MR) is 69.7 cm³/mol. The number of carbonyl (C=O) groups excluding carboxylic acids is 1. The zero-order valence-electron chi connectivity index (χ0n) is 10.7. The average molecular weight is 246 g/mol. The molecule has 0 amide bonds. The molecule has 0 saturated heterocycles. The molecule has 0 bridgehead atoms. The minimum absolute atomic E-state index is 0.153. The zero-order chi connectivity index (χ0) is 12.8. The number of hydrogen-bond donors (Lipinski definition) is 0. The lowest BCUT2D eigenvalue weighted by molar-refractivity contribution is -0.159. The van der Waals surface area contributed by atoms with Crippen molar-refractivity contribution in [2.45, 2.75) is 38.7 Å². The molecule has 1 N–H and O–H groups in total. The maximum absolute atomic E-state index is 12.2. The Bertz CT molecular complexity index is 383. The van der Waals surface area contributed by atoms with Gasteiger partial charge in [0.05, 0.1) is 5.41 Å². The zero-order valence-corrected chi connectivity index (χ0v) is 10.7. The third-order valence-electron chi connectivity index (χ3n) is 3.79. The Balaban J connectivity index is 1.94. The Labute approximate surface area is 108 Å². The second-order valence-corrected chi connectivity index (χ2v) is 5.08. The minimum atomic E-state index is -0.535. The van der Waals surface area contributed by atoms with Gasteiger partial charge in [0.1, 0.15) is 6.61 Å². The second-order valence-electron chi connectivity index (χ2n) is 5.08. The molecule has 1 fully saturated rings.